The van der Waals surface area contributed by atoms with Crippen molar-refractivity contribution < 1.29 is 19.1 Å². The molecule has 32 heavy (non-hydrogen) atoms. The van der Waals surface area contributed by atoms with Crippen molar-refractivity contribution in [2.24, 2.45) is 0 Å². The third-order valence-electron chi connectivity index (χ3n) is 5.29. The van der Waals surface area contributed by atoms with Gasteiger partial charge in [0.25, 0.3) is 0 Å². The molecule has 0 aromatic rings. The molecule has 0 radical (unpaired) electrons. The Labute approximate surface area is 217 Å². The van der Waals surface area contributed by atoms with Gasteiger partial charge in [0.2, 0.25) is 0 Å². The van der Waals surface area contributed by atoms with Crippen molar-refractivity contribution in [3.05, 3.63) is 25.3 Å². The highest BCUT2D eigenvalue weighted by molar-refractivity contribution is 8.22. The number of esters is 2. The zero-order chi connectivity index (χ0) is 22.8. The van der Waals surface area contributed by atoms with E-state index in [1.807, 2.05) is 47.0 Å². The maximum atomic E-state index is 11.2. The zero-order valence-corrected chi connectivity index (χ0v) is 23.1. The van der Waals surface area contributed by atoms with Crippen molar-refractivity contribution >= 4 is 82.5 Å². The Morgan fingerprint density at radius 1 is 0.844 bits per heavy atom. The maximum absolute atomic E-state index is 11.2. The summed E-state index contributed by atoms with van der Waals surface area (Å²) in [5.74, 6) is 3.85. The van der Waals surface area contributed by atoms with E-state index in [-0.39, 0.29) is 11.9 Å². The fraction of sp³-hybridized carbons (Fsp3) is 0.727. The summed E-state index contributed by atoms with van der Waals surface area (Å²) in [6.07, 6.45) is 7.81. The molecule has 1 aliphatic carbocycles. The molecule has 0 N–H and O–H groups in total. The van der Waals surface area contributed by atoms with Gasteiger partial charge in [-0.2, -0.15) is 23.5 Å². The fourth-order valence-corrected chi connectivity index (χ4v) is 13.7. The van der Waals surface area contributed by atoms with Gasteiger partial charge in [-0.3, -0.25) is 0 Å². The highest BCUT2D eigenvalue weighted by Crippen LogP contribution is 2.44. The molecule has 180 valence electrons. The van der Waals surface area contributed by atoms with Crippen LogP contribution in [-0.4, -0.2) is 78.3 Å². The van der Waals surface area contributed by atoms with E-state index < -0.39 is 0 Å². The number of hydrogen-bond acceptors (Lipinski definition) is 10. The molecule has 0 amide bonds. The predicted molar refractivity (Wildman–Crippen MR) is 149 cm³/mol. The van der Waals surface area contributed by atoms with Gasteiger partial charge in [0.15, 0.2) is 0 Å². The summed E-state index contributed by atoms with van der Waals surface area (Å²) >= 11 is 12.3. The smallest absolute Gasteiger partial charge is 0.330 e. The monoisotopic (exact) mass is 552 g/mol. The van der Waals surface area contributed by atoms with Gasteiger partial charge in [-0.05, 0) is 19.3 Å². The number of ether oxygens (including phenoxy) is 2. The SMILES string of the molecule is C=CC(=O)OCC1CSC(CSC2CCCC(SCC3SCC(COC(=O)C=C)S3)C2)S1. The van der Waals surface area contributed by atoms with E-state index in [9.17, 15) is 9.59 Å². The molecule has 0 bridgehead atoms. The lowest BCUT2D eigenvalue weighted by Crippen LogP contribution is -2.21. The van der Waals surface area contributed by atoms with Gasteiger partial charge in [0.05, 0.1) is 9.16 Å². The molecule has 3 rings (SSSR count). The lowest BCUT2D eigenvalue weighted by atomic mass is 10.00. The lowest BCUT2D eigenvalue weighted by molar-refractivity contribution is -0.138. The van der Waals surface area contributed by atoms with Crippen LogP contribution in [0.2, 0.25) is 0 Å². The van der Waals surface area contributed by atoms with E-state index in [0.29, 0.717) is 32.9 Å². The third-order valence-corrected chi connectivity index (χ3v) is 15.5. The van der Waals surface area contributed by atoms with E-state index in [4.69, 9.17) is 9.47 Å². The van der Waals surface area contributed by atoms with Crippen LogP contribution in [-0.2, 0) is 19.1 Å². The molecule has 2 aliphatic heterocycles. The second kappa shape index (κ2) is 14.8. The average Bonchev–Trinajstić information content (AvgIpc) is 3.48. The first-order valence-electron chi connectivity index (χ1n) is 10.9. The van der Waals surface area contributed by atoms with Crippen LogP contribution in [0.4, 0.5) is 0 Å². The van der Waals surface area contributed by atoms with Gasteiger partial charge < -0.3 is 9.47 Å². The minimum atomic E-state index is -0.319. The average molecular weight is 553 g/mol. The number of carbonyl (C=O) groups excluding carboxylic acids is 2. The summed E-state index contributed by atoms with van der Waals surface area (Å²) in [6.45, 7) is 7.90. The van der Waals surface area contributed by atoms with Crippen molar-refractivity contribution in [3.8, 4) is 0 Å². The molecule has 2 saturated heterocycles. The Kier molecular flexibility index (Phi) is 12.6. The molecule has 1 saturated carbocycles. The van der Waals surface area contributed by atoms with Crippen LogP contribution in [0, 0.1) is 0 Å². The van der Waals surface area contributed by atoms with Crippen LogP contribution >= 0.6 is 70.6 Å². The van der Waals surface area contributed by atoms with Crippen molar-refractivity contribution in [3.63, 3.8) is 0 Å². The first-order valence-corrected chi connectivity index (χ1v) is 17.0. The summed E-state index contributed by atoms with van der Waals surface area (Å²) in [7, 11) is 0. The molecule has 10 heteroatoms. The Bertz CT molecular complexity index is 596. The largest absolute Gasteiger partial charge is 0.461 e. The summed E-state index contributed by atoms with van der Waals surface area (Å²) in [6, 6.07) is 0. The van der Waals surface area contributed by atoms with Gasteiger partial charge in [0, 0.05) is 56.2 Å². The predicted octanol–water partition coefficient (Wildman–Crippen LogP) is 5.57. The molecule has 2 heterocycles. The van der Waals surface area contributed by atoms with Crippen LogP contribution in [0.15, 0.2) is 25.3 Å². The Hall–Kier alpha value is 0.520. The molecule has 3 aliphatic rings. The second-order valence-electron chi connectivity index (χ2n) is 7.79. The Balaban J connectivity index is 1.27. The standard InChI is InChI=1S/C22H32O4S6/c1-3-19(23)25-9-17-11-29-21(31-17)13-27-15-6-5-7-16(8-15)28-14-22-30-12-18(32-22)10-26-20(24)4-2/h3-4,15-18,21-22H,1-2,5-14H2. The van der Waals surface area contributed by atoms with Crippen LogP contribution in [0.3, 0.4) is 0 Å². The van der Waals surface area contributed by atoms with E-state index in [1.165, 1.54) is 49.3 Å². The second-order valence-corrected chi connectivity index (χ2v) is 16.5. The Morgan fingerprint density at radius 3 is 1.75 bits per heavy atom. The molecule has 3 fully saturated rings. The van der Waals surface area contributed by atoms with Crippen LogP contribution in [0.5, 0.6) is 0 Å². The zero-order valence-electron chi connectivity index (χ0n) is 18.2. The summed E-state index contributed by atoms with van der Waals surface area (Å²) < 4.78 is 11.6. The molecule has 4 nitrogen and oxygen atoms in total. The number of hydrogen-bond donors (Lipinski definition) is 0. The normalized spacial score (nSPS) is 32.4. The minimum Gasteiger partial charge on any atom is -0.461 e. The van der Waals surface area contributed by atoms with Crippen molar-refractivity contribution in [2.75, 3.05) is 36.2 Å². The van der Waals surface area contributed by atoms with Gasteiger partial charge in [-0.15, -0.1) is 47.0 Å². The van der Waals surface area contributed by atoms with E-state index in [1.54, 1.807) is 0 Å². The lowest BCUT2D eigenvalue weighted by Gasteiger charge is -2.29. The molecule has 0 aromatic carbocycles. The maximum Gasteiger partial charge on any atom is 0.330 e. The van der Waals surface area contributed by atoms with Gasteiger partial charge in [0.1, 0.15) is 13.2 Å². The molecule has 0 aromatic heterocycles. The van der Waals surface area contributed by atoms with Gasteiger partial charge in [-0.1, -0.05) is 19.6 Å². The summed E-state index contributed by atoms with van der Waals surface area (Å²) in [5, 5.41) is 2.37. The molecule has 0 spiro atoms. The van der Waals surface area contributed by atoms with Crippen LogP contribution in [0.25, 0.3) is 0 Å². The van der Waals surface area contributed by atoms with E-state index in [2.05, 4.69) is 36.7 Å². The van der Waals surface area contributed by atoms with Crippen molar-refractivity contribution in [2.45, 2.75) is 55.8 Å². The van der Waals surface area contributed by atoms with Crippen molar-refractivity contribution in [1.82, 2.24) is 0 Å². The minimum absolute atomic E-state index is 0.319. The summed E-state index contributed by atoms with van der Waals surface area (Å²) in [4.78, 5) is 22.5. The molecule has 6 atom stereocenters. The first-order chi connectivity index (χ1) is 15.6. The number of carbonyl (C=O) groups is 2. The van der Waals surface area contributed by atoms with Crippen LogP contribution < -0.4 is 0 Å². The third kappa shape index (κ3) is 9.64. The highest BCUT2D eigenvalue weighted by Gasteiger charge is 2.31. The number of thioether (sulfide) groups is 6. The highest BCUT2D eigenvalue weighted by atomic mass is 32.2. The molecular formula is C22H32O4S6. The number of rotatable bonds is 12. The van der Waals surface area contributed by atoms with E-state index in [0.717, 1.165) is 22.0 Å². The fourth-order valence-electron chi connectivity index (χ4n) is 3.67. The van der Waals surface area contributed by atoms with Crippen molar-refractivity contribution in [1.29, 1.82) is 0 Å². The van der Waals surface area contributed by atoms with Gasteiger partial charge >= 0.3 is 11.9 Å². The Morgan fingerprint density at radius 2 is 1.31 bits per heavy atom. The molecule has 6 unspecified atom stereocenters. The topological polar surface area (TPSA) is 52.6 Å². The quantitative estimate of drug-likeness (QED) is 0.227. The summed E-state index contributed by atoms with van der Waals surface area (Å²) in [5.41, 5.74) is 0. The van der Waals surface area contributed by atoms with Crippen LogP contribution in [0.1, 0.15) is 25.7 Å². The molecular weight excluding hydrogens is 521 g/mol. The van der Waals surface area contributed by atoms with Gasteiger partial charge in [-0.25, -0.2) is 9.59 Å². The first kappa shape index (κ1) is 27.1. The van der Waals surface area contributed by atoms with E-state index >= 15 is 0 Å².